The molecule has 6 nitrogen and oxygen atoms in total. The van der Waals surface area contributed by atoms with Crippen LogP contribution in [0.15, 0.2) is 54.6 Å². The summed E-state index contributed by atoms with van der Waals surface area (Å²) in [5, 5.41) is 11.9. The maximum atomic E-state index is 12.3. The second kappa shape index (κ2) is 8.80. The lowest BCUT2D eigenvalue weighted by molar-refractivity contribution is -0.142. The highest BCUT2D eigenvalue weighted by Crippen LogP contribution is 2.15. The molecule has 2 rings (SSSR count). The summed E-state index contributed by atoms with van der Waals surface area (Å²) in [5.74, 6) is -1.40. The van der Waals surface area contributed by atoms with Crippen LogP contribution in [-0.2, 0) is 16.0 Å². The number of hydrogen-bond acceptors (Lipinski definition) is 4. The van der Waals surface area contributed by atoms with E-state index < -0.39 is 24.0 Å². The van der Waals surface area contributed by atoms with E-state index in [4.69, 9.17) is 4.74 Å². The molecule has 0 fully saturated rings. The first kappa shape index (κ1) is 19.2. The molecule has 6 heteroatoms. The molecule has 2 aromatic rings. The van der Waals surface area contributed by atoms with E-state index in [0.29, 0.717) is 11.3 Å². The fraction of sp³-hybridized carbons (Fsp3) is 0.250. The van der Waals surface area contributed by atoms with Crippen LogP contribution in [0.3, 0.4) is 0 Å². The summed E-state index contributed by atoms with van der Waals surface area (Å²) < 4.78 is 5.54. The minimum absolute atomic E-state index is 0.110. The molecule has 2 atom stereocenters. The normalized spacial score (nSPS) is 12.7. The highest BCUT2D eigenvalue weighted by Gasteiger charge is 2.24. The minimum Gasteiger partial charge on any atom is -0.481 e. The van der Waals surface area contributed by atoms with Gasteiger partial charge in [0.25, 0.3) is 5.91 Å². The smallest absolute Gasteiger partial charge is 0.326 e. The van der Waals surface area contributed by atoms with Gasteiger partial charge >= 0.3 is 5.97 Å². The molecule has 136 valence electrons. The van der Waals surface area contributed by atoms with Crippen LogP contribution < -0.4 is 10.1 Å². The van der Waals surface area contributed by atoms with Crippen molar-refractivity contribution in [3.63, 3.8) is 0 Å². The number of hydrogen-bond donors (Lipinski definition) is 2. The maximum Gasteiger partial charge on any atom is 0.326 e. The van der Waals surface area contributed by atoms with Crippen LogP contribution in [0.5, 0.6) is 5.75 Å². The number of benzene rings is 2. The van der Waals surface area contributed by atoms with Gasteiger partial charge in [0.1, 0.15) is 11.8 Å². The van der Waals surface area contributed by atoms with Gasteiger partial charge in [-0.1, -0.05) is 42.5 Å². The minimum atomic E-state index is -1.12. The largest absolute Gasteiger partial charge is 0.481 e. The second-order valence-electron chi connectivity index (χ2n) is 5.93. The Hall–Kier alpha value is -3.15. The van der Waals surface area contributed by atoms with Crippen molar-refractivity contribution in [2.75, 3.05) is 0 Å². The van der Waals surface area contributed by atoms with Gasteiger partial charge < -0.3 is 15.2 Å². The molecule has 0 aliphatic rings. The van der Waals surface area contributed by atoms with Gasteiger partial charge in [-0.05, 0) is 31.5 Å². The molecule has 0 aliphatic carbocycles. The Labute approximate surface area is 151 Å². The molecule has 26 heavy (non-hydrogen) atoms. The zero-order valence-electron chi connectivity index (χ0n) is 14.6. The lowest BCUT2D eigenvalue weighted by atomic mass is 10.1. The second-order valence-corrected chi connectivity index (χ2v) is 5.93. The Bertz CT molecular complexity index is 788. The Morgan fingerprint density at radius 3 is 2.38 bits per heavy atom. The molecule has 0 aromatic heterocycles. The number of carbonyl (C=O) groups is 3. The Balaban J connectivity index is 2.01. The quantitative estimate of drug-likeness (QED) is 0.710. The molecule has 0 saturated heterocycles. The van der Waals surface area contributed by atoms with Crippen molar-refractivity contribution in [1.82, 2.24) is 5.32 Å². The van der Waals surface area contributed by atoms with Crippen molar-refractivity contribution in [3.8, 4) is 5.75 Å². The van der Waals surface area contributed by atoms with Gasteiger partial charge in [-0.25, -0.2) is 4.79 Å². The number of carboxylic acid groups (broad SMARTS) is 1. The van der Waals surface area contributed by atoms with Crippen LogP contribution in [0.25, 0.3) is 0 Å². The van der Waals surface area contributed by atoms with E-state index in [1.165, 1.54) is 13.8 Å². The first-order chi connectivity index (χ1) is 12.4. The summed E-state index contributed by atoms with van der Waals surface area (Å²) >= 11 is 0. The van der Waals surface area contributed by atoms with E-state index in [0.717, 1.165) is 5.56 Å². The number of carbonyl (C=O) groups excluding carboxylic acids is 2. The Morgan fingerprint density at radius 1 is 1.08 bits per heavy atom. The first-order valence-corrected chi connectivity index (χ1v) is 8.21. The van der Waals surface area contributed by atoms with Gasteiger partial charge in [0, 0.05) is 12.0 Å². The van der Waals surface area contributed by atoms with Crippen LogP contribution in [0.2, 0.25) is 0 Å². The molecule has 2 N–H and O–H groups in total. The van der Waals surface area contributed by atoms with Crippen molar-refractivity contribution in [1.29, 1.82) is 0 Å². The van der Waals surface area contributed by atoms with Crippen LogP contribution >= 0.6 is 0 Å². The van der Waals surface area contributed by atoms with Crippen molar-refractivity contribution < 1.29 is 24.2 Å². The SMILES string of the molecule is CC(=O)c1cccc(OC(C)C(=O)N[C@@H](Cc2ccccc2)C(=O)O)c1. The van der Waals surface area contributed by atoms with Crippen LogP contribution in [-0.4, -0.2) is 34.9 Å². The zero-order valence-corrected chi connectivity index (χ0v) is 14.6. The summed E-state index contributed by atoms with van der Waals surface area (Å²) in [4.78, 5) is 35.2. The van der Waals surface area contributed by atoms with Crippen molar-refractivity contribution in [2.45, 2.75) is 32.4 Å². The molecule has 0 bridgehead atoms. The van der Waals surface area contributed by atoms with Crippen molar-refractivity contribution in [3.05, 3.63) is 65.7 Å². The average Bonchev–Trinajstić information content (AvgIpc) is 2.62. The predicted octanol–water partition coefficient (Wildman–Crippen LogP) is 2.47. The fourth-order valence-electron chi connectivity index (χ4n) is 2.38. The molecule has 0 radical (unpaired) electrons. The highest BCUT2D eigenvalue weighted by atomic mass is 16.5. The van der Waals surface area contributed by atoms with Crippen LogP contribution in [0, 0.1) is 0 Å². The third kappa shape index (κ3) is 5.44. The predicted molar refractivity (Wildman–Crippen MR) is 96.2 cm³/mol. The molecule has 0 spiro atoms. The zero-order chi connectivity index (χ0) is 19.1. The molecule has 0 saturated carbocycles. The van der Waals surface area contributed by atoms with E-state index in [-0.39, 0.29) is 12.2 Å². The molecule has 0 aliphatic heterocycles. The van der Waals surface area contributed by atoms with Gasteiger partial charge in [-0.3, -0.25) is 9.59 Å². The Kier molecular flexibility index (Phi) is 6.49. The molecular formula is C20H21NO5. The number of rotatable bonds is 8. The number of ether oxygens (including phenoxy) is 1. The van der Waals surface area contributed by atoms with E-state index >= 15 is 0 Å². The number of carboxylic acids is 1. The third-order valence-corrected chi connectivity index (χ3v) is 3.82. The van der Waals surface area contributed by atoms with E-state index in [1.54, 1.807) is 36.4 Å². The summed E-state index contributed by atoms with van der Waals surface area (Å²) in [7, 11) is 0. The number of aliphatic carboxylic acids is 1. The van der Waals surface area contributed by atoms with Gasteiger partial charge in [0.15, 0.2) is 11.9 Å². The summed E-state index contributed by atoms with van der Waals surface area (Å²) in [6.45, 7) is 2.97. The molecule has 1 unspecified atom stereocenters. The van der Waals surface area contributed by atoms with E-state index in [9.17, 15) is 19.5 Å². The highest BCUT2D eigenvalue weighted by molar-refractivity contribution is 5.94. The number of ketones is 1. The standard InChI is InChI=1S/C20H21NO5/c1-13(22)16-9-6-10-17(12-16)26-14(2)19(23)21-18(20(24)25)11-15-7-4-3-5-8-15/h3-10,12,14,18H,11H2,1-2H3,(H,21,23)(H,24,25)/t14?,18-/m0/s1. The monoisotopic (exact) mass is 355 g/mol. The average molecular weight is 355 g/mol. The summed E-state index contributed by atoms with van der Waals surface area (Å²) in [6.07, 6.45) is -0.733. The van der Waals surface area contributed by atoms with Crippen molar-refractivity contribution in [2.24, 2.45) is 0 Å². The van der Waals surface area contributed by atoms with Gasteiger partial charge in [0.05, 0.1) is 0 Å². The Morgan fingerprint density at radius 2 is 1.77 bits per heavy atom. The van der Waals surface area contributed by atoms with E-state index in [1.807, 2.05) is 18.2 Å². The lowest BCUT2D eigenvalue weighted by Gasteiger charge is -2.19. The molecule has 1 amide bonds. The van der Waals surface area contributed by atoms with Crippen LogP contribution in [0.4, 0.5) is 0 Å². The number of Topliss-reactive ketones (excluding diaryl/α,β-unsaturated/α-hetero) is 1. The van der Waals surface area contributed by atoms with Gasteiger partial charge in [0.2, 0.25) is 0 Å². The maximum absolute atomic E-state index is 12.3. The number of nitrogens with one attached hydrogen (secondary N) is 1. The lowest BCUT2D eigenvalue weighted by Crippen LogP contribution is -2.47. The molecule has 2 aromatic carbocycles. The molecule has 0 heterocycles. The fourth-order valence-corrected chi connectivity index (χ4v) is 2.38. The van der Waals surface area contributed by atoms with Gasteiger partial charge in [-0.2, -0.15) is 0 Å². The summed E-state index contributed by atoms with van der Waals surface area (Å²) in [6, 6.07) is 14.5. The summed E-state index contributed by atoms with van der Waals surface area (Å²) in [5.41, 5.74) is 1.28. The molecular weight excluding hydrogens is 334 g/mol. The van der Waals surface area contributed by atoms with E-state index in [2.05, 4.69) is 5.32 Å². The number of amides is 1. The third-order valence-electron chi connectivity index (χ3n) is 3.82. The topological polar surface area (TPSA) is 92.7 Å². The van der Waals surface area contributed by atoms with Crippen LogP contribution in [0.1, 0.15) is 29.8 Å². The van der Waals surface area contributed by atoms with Crippen molar-refractivity contribution >= 4 is 17.7 Å². The first-order valence-electron chi connectivity index (χ1n) is 8.21. The van der Waals surface area contributed by atoms with Gasteiger partial charge in [-0.15, -0.1) is 0 Å².